The molecule has 0 aromatic rings. The van der Waals surface area contributed by atoms with Crippen molar-refractivity contribution >= 4 is 19.2 Å². The fourth-order valence-corrected chi connectivity index (χ4v) is 7.74. The van der Waals surface area contributed by atoms with Gasteiger partial charge in [-0.3, -0.25) is 4.57 Å². The molecule has 0 spiro atoms. The second-order valence-corrected chi connectivity index (χ2v) is 12.9. The van der Waals surface area contributed by atoms with Crippen molar-refractivity contribution in [2.24, 2.45) is 35.5 Å². The third-order valence-corrected chi connectivity index (χ3v) is 9.54. The van der Waals surface area contributed by atoms with Gasteiger partial charge >= 0.3 is 7.60 Å². The van der Waals surface area contributed by atoms with E-state index in [4.69, 9.17) is 20.6 Å². The molecule has 0 amide bonds. The van der Waals surface area contributed by atoms with E-state index in [1.54, 1.807) is 0 Å². The monoisotopic (exact) mass is 450 g/mol. The Morgan fingerprint density at radius 3 is 1.66 bits per heavy atom. The van der Waals surface area contributed by atoms with Crippen molar-refractivity contribution in [2.75, 3.05) is 12.0 Å². The van der Waals surface area contributed by atoms with Crippen LogP contribution in [-0.4, -0.2) is 35.5 Å². The van der Waals surface area contributed by atoms with E-state index in [1.807, 2.05) is 0 Å². The van der Waals surface area contributed by atoms with Gasteiger partial charge < -0.3 is 14.2 Å². The van der Waals surface area contributed by atoms with Crippen LogP contribution in [0.3, 0.4) is 0 Å². The van der Waals surface area contributed by atoms with Crippen molar-refractivity contribution in [3.05, 3.63) is 0 Å². The molecule has 2 fully saturated rings. The van der Waals surface area contributed by atoms with Crippen LogP contribution >= 0.6 is 19.2 Å². The maximum atomic E-state index is 14.0. The second-order valence-electron chi connectivity index (χ2n) is 10.5. The fourth-order valence-electron chi connectivity index (χ4n) is 5.30. The molecule has 172 valence electrons. The Morgan fingerprint density at radius 1 is 0.897 bits per heavy atom. The van der Waals surface area contributed by atoms with Crippen molar-refractivity contribution in [3.63, 3.8) is 0 Å². The number of alkyl halides is 1. The summed E-state index contributed by atoms with van der Waals surface area (Å²) in [6.07, 6.45) is 5.33. The van der Waals surface area contributed by atoms with Gasteiger partial charge in [0, 0.05) is 5.88 Å². The van der Waals surface area contributed by atoms with Crippen molar-refractivity contribution < 1.29 is 18.7 Å². The summed E-state index contributed by atoms with van der Waals surface area (Å²) >= 11 is 5.87. The number of rotatable bonds is 9. The van der Waals surface area contributed by atoms with Crippen LogP contribution in [0, 0.1) is 35.5 Å². The Bertz CT molecular complexity index is 503. The van der Waals surface area contributed by atoms with Gasteiger partial charge in [0.15, 0.2) is 0 Å². The third-order valence-electron chi connectivity index (χ3n) is 7.13. The van der Waals surface area contributed by atoms with Crippen molar-refractivity contribution in [3.8, 4) is 0 Å². The van der Waals surface area contributed by atoms with Gasteiger partial charge in [-0.1, -0.05) is 54.4 Å². The molecule has 1 N–H and O–H groups in total. The first-order valence-corrected chi connectivity index (χ1v) is 14.0. The van der Waals surface area contributed by atoms with E-state index in [1.165, 1.54) is 12.8 Å². The molecule has 2 rings (SSSR count). The Labute approximate surface area is 184 Å². The topological polar surface area (TPSA) is 55.8 Å². The number of halogens is 1. The molecule has 29 heavy (non-hydrogen) atoms. The largest absolute Gasteiger partial charge is 0.391 e. The SMILES string of the molecule is CC1CCC(C(C)C)C(OP(=O)(CC(O)CCl)OC2C[C@@H](C)CCC2C(C)C)C1. The van der Waals surface area contributed by atoms with Crippen LogP contribution in [0.1, 0.15) is 80.1 Å². The van der Waals surface area contributed by atoms with E-state index in [9.17, 15) is 9.67 Å². The Morgan fingerprint density at radius 2 is 1.31 bits per heavy atom. The van der Waals surface area contributed by atoms with Gasteiger partial charge in [0.05, 0.1) is 24.5 Å². The molecular weight excluding hydrogens is 407 g/mol. The van der Waals surface area contributed by atoms with Crippen molar-refractivity contribution in [1.29, 1.82) is 0 Å². The molecule has 4 nitrogen and oxygen atoms in total. The number of hydrogen-bond acceptors (Lipinski definition) is 4. The fraction of sp³-hybridized carbons (Fsp3) is 1.00. The minimum atomic E-state index is -3.47. The van der Waals surface area contributed by atoms with Gasteiger partial charge in [-0.2, -0.15) is 0 Å². The molecule has 6 heteroatoms. The summed E-state index contributed by atoms with van der Waals surface area (Å²) in [6, 6.07) is 0. The first-order valence-electron chi connectivity index (χ1n) is 11.7. The lowest BCUT2D eigenvalue weighted by molar-refractivity contribution is -0.00535. The Hall–Kier alpha value is 0.400. The quantitative estimate of drug-likeness (QED) is 0.312. The molecular formula is C23H44ClO4P. The van der Waals surface area contributed by atoms with E-state index < -0.39 is 13.7 Å². The number of aliphatic hydroxyl groups excluding tert-OH is 1. The lowest BCUT2D eigenvalue weighted by Crippen LogP contribution is -2.37. The molecule has 0 heterocycles. The first kappa shape index (κ1) is 25.7. The number of aliphatic hydroxyl groups is 1. The summed E-state index contributed by atoms with van der Waals surface area (Å²) in [7, 11) is -3.47. The second kappa shape index (κ2) is 11.3. The summed E-state index contributed by atoms with van der Waals surface area (Å²) in [6.45, 7) is 13.3. The summed E-state index contributed by atoms with van der Waals surface area (Å²) in [5.41, 5.74) is 0. The van der Waals surface area contributed by atoms with Gasteiger partial charge in [0.25, 0.3) is 0 Å². The van der Waals surface area contributed by atoms with E-state index in [0.717, 1.165) is 25.7 Å². The van der Waals surface area contributed by atoms with E-state index in [2.05, 4.69) is 41.5 Å². The predicted octanol–water partition coefficient (Wildman–Crippen LogP) is 6.73. The maximum Gasteiger partial charge on any atom is 0.333 e. The molecule has 0 aliphatic heterocycles. The predicted molar refractivity (Wildman–Crippen MR) is 122 cm³/mol. The van der Waals surface area contributed by atoms with E-state index in [0.29, 0.717) is 35.5 Å². The van der Waals surface area contributed by atoms with Crippen LogP contribution < -0.4 is 0 Å². The van der Waals surface area contributed by atoms with Gasteiger partial charge in [0.1, 0.15) is 0 Å². The zero-order chi connectivity index (χ0) is 21.8. The molecule has 0 radical (unpaired) electrons. The highest BCUT2D eigenvalue weighted by Gasteiger charge is 2.42. The molecule has 2 aliphatic rings. The van der Waals surface area contributed by atoms with Crippen molar-refractivity contribution in [1.82, 2.24) is 0 Å². The summed E-state index contributed by atoms with van der Waals surface area (Å²) in [5.74, 6) is 2.85. The molecule has 7 unspecified atom stereocenters. The molecule has 2 saturated carbocycles. The van der Waals surface area contributed by atoms with Crippen LogP contribution in [0.25, 0.3) is 0 Å². The Balaban J connectivity index is 2.23. The van der Waals surface area contributed by atoms with Crippen LogP contribution in [0.2, 0.25) is 0 Å². The molecule has 0 saturated heterocycles. The first-order chi connectivity index (χ1) is 13.5. The summed E-state index contributed by atoms with van der Waals surface area (Å²) in [4.78, 5) is 0. The minimum Gasteiger partial charge on any atom is -0.391 e. The average Bonchev–Trinajstić information content (AvgIpc) is 2.60. The molecule has 2 aliphatic carbocycles. The van der Waals surface area contributed by atoms with E-state index in [-0.39, 0.29) is 24.2 Å². The maximum absolute atomic E-state index is 14.0. The lowest BCUT2D eigenvalue weighted by atomic mass is 9.75. The highest BCUT2D eigenvalue weighted by atomic mass is 35.5. The zero-order valence-electron chi connectivity index (χ0n) is 19.4. The molecule has 0 bridgehead atoms. The van der Waals surface area contributed by atoms with Gasteiger partial charge in [-0.25, -0.2) is 0 Å². The lowest BCUT2D eigenvalue weighted by Gasteiger charge is -2.42. The molecule has 0 aromatic heterocycles. The van der Waals surface area contributed by atoms with Gasteiger partial charge in [-0.15, -0.1) is 11.6 Å². The minimum absolute atomic E-state index is 0.0120. The zero-order valence-corrected chi connectivity index (χ0v) is 21.0. The number of hydrogen-bond donors (Lipinski definition) is 1. The van der Waals surface area contributed by atoms with Gasteiger partial charge in [0.2, 0.25) is 0 Å². The molecule has 8 atom stereocenters. The highest BCUT2D eigenvalue weighted by Crippen LogP contribution is 2.56. The van der Waals surface area contributed by atoms with Crippen LogP contribution in [0.4, 0.5) is 0 Å². The standard InChI is InChI=1S/C23H44ClO4P/c1-15(2)20-9-7-17(5)11-22(20)27-29(26,14-19(25)13-24)28-23-12-18(6)8-10-21(23)16(3)4/h15-23,25H,7-14H2,1-6H3/t17-,18?,19?,20?,21?,22?,23?,29?/m0/s1. The Kier molecular flexibility index (Phi) is 10.0. The summed E-state index contributed by atoms with van der Waals surface area (Å²) in [5, 5.41) is 10.2. The van der Waals surface area contributed by atoms with Crippen molar-refractivity contribution in [2.45, 2.75) is 98.4 Å². The molecule has 0 aromatic carbocycles. The highest BCUT2D eigenvalue weighted by molar-refractivity contribution is 7.53. The van der Waals surface area contributed by atoms with Crippen LogP contribution in [0.5, 0.6) is 0 Å². The third kappa shape index (κ3) is 7.49. The van der Waals surface area contributed by atoms with E-state index >= 15 is 0 Å². The van der Waals surface area contributed by atoms with Crippen LogP contribution in [-0.2, 0) is 13.6 Å². The smallest absolute Gasteiger partial charge is 0.333 e. The normalized spacial score (nSPS) is 36.9. The summed E-state index contributed by atoms with van der Waals surface area (Å²) < 4.78 is 26.8. The average molecular weight is 451 g/mol. The van der Waals surface area contributed by atoms with Crippen LogP contribution in [0.15, 0.2) is 0 Å². The van der Waals surface area contributed by atoms with Gasteiger partial charge in [-0.05, 0) is 61.2 Å².